The van der Waals surface area contributed by atoms with Gasteiger partial charge < -0.3 is 14.5 Å². The van der Waals surface area contributed by atoms with Gasteiger partial charge in [0.1, 0.15) is 0 Å². The van der Waals surface area contributed by atoms with E-state index >= 15 is 0 Å². The topological polar surface area (TPSA) is 51.5 Å². The van der Waals surface area contributed by atoms with Crippen molar-refractivity contribution in [3.05, 3.63) is 23.1 Å². The van der Waals surface area contributed by atoms with Gasteiger partial charge in [0.25, 0.3) is 5.91 Å². The summed E-state index contributed by atoms with van der Waals surface area (Å²) in [5.41, 5.74) is 0. The lowest BCUT2D eigenvalue weighted by Gasteiger charge is -2.21. The molecule has 1 heterocycles. The number of carbonyl (C=O) groups is 1. The molecule has 1 aromatic heterocycles. The normalized spacial score (nSPS) is 12.8. The number of hydrogen-bond acceptors (Lipinski definition) is 3. The van der Waals surface area contributed by atoms with Crippen LogP contribution in [0.4, 0.5) is 0 Å². The molecule has 0 saturated heterocycles. The molecule has 1 atom stereocenters. The highest BCUT2D eigenvalue weighted by molar-refractivity contribution is 6.29. The summed E-state index contributed by atoms with van der Waals surface area (Å²) in [6.45, 7) is 7.10. The molecule has 1 amide bonds. The van der Waals surface area contributed by atoms with Crippen LogP contribution in [0.25, 0.3) is 0 Å². The van der Waals surface area contributed by atoms with Crippen molar-refractivity contribution in [1.82, 2.24) is 5.32 Å². The van der Waals surface area contributed by atoms with Crippen LogP contribution < -0.4 is 5.32 Å². The fourth-order valence-electron chi connectivity index (χ4n) is 1.32. The summed E-state index contributed by atoms with van der Waals surface area (Å²) < 4.78 is 10.4. The minimum atomic E-state index is -0.268. The van der Waals surface area contributed by atoms with Gasteiger partial charge in [-0.3, -0.25) is 4.79 Å². The summed E-state index contributed by atoms with van der Waals surface area (Å²) >= 11 is 5.62. The molecule has 0 fully saturated rings. The largest absolute Gasteiger partial charge is 0.440 e. The predicted molar refractivity (Wildman–Crippen MR) is 66.3 cm³/mol. The quantitative estimate of drug-likeness (QED) is 0.855. The fourth-order valence-corrected chi connectivity index (χ4v) is 1.47. The second-order valence-corrected chi connectivity index (χ2v) is 4.46. The molecule has 0 aliphatic rings. The van der Waals surface area contributed by atoms with Crippen molar-refractivity contribution in [2.24, 2.45) is 5.92 Å². The van der Waals surface area contributed by atoms with Gasteiger partial charge in [0.15, 0.2) is 11.0 Å². The Morgan fingerprint density at radius 3 is 2.71 bits per heavy atom. The number of ether oxygens (including phenoxy) is 1. The van der Waals surface area contributed by atoms with Crippen LogP contribution in [0.1, 0.15) is 31.3 Å². The Morgan fingerprint density at radius 2 is 2.24 bits per heavy atom. The SMILES string of the molecule is CCOCC(NC(=O)c1ccc(Cl)o1)C(C)C. The van der Waals surface area contributed by atoms with Crippen molar-refractivity contribution in [1.29, 1.82) is 0 Å². The van der Waals surface area contributed by atoms with Gasteiger partial charge in [0.05, 0.1) is 12.6 Å². The maximum atomic E-state index is 11.8. The number of furan rings is 1. The molecule has 5 heteroatoms. The summed E-state index contributed by atoms with van der Waals surface area (Å²) in [5, 5.41) is 3.07. The third-order valence-electron chi connectivity index (χ3n) is 2.42. The molecule has 0 aliphatic heterocycles. The molecule has 4 nitrogen and oxygen atoms in total. The van der Waals surface area contributed by atoms with E-state index in [4.69, 9.17) is 20.8 Å². The van der Waals surface area contributed by atoms with Gasteiger partial charge in [-0.1, -0.05) is 13.8 Å². The van der Waals surface area contributed by atoms with Crippen molar-refractivity contribution in [3.63, 3.8) is 0 Å². The maximum absolute atomic E-state index is 11.8. The lowest BCUT2D eigenvalue weighted by atomic mass is 10.1. The Bertz CT molecular complexity index is 362. The Morgan fingerprint density at radius 1 is 1.53 bits per heavy atom. The van der Waals surface area contributed by atoms with Crippen LogP contribution in [0.2, 0.25) is 5.22 Å². The van der Waals surface area contributed by atoms with Gasteiger partial charge in [-0.25, -0.2) is 0 Å². The monoisotopic (exact) mass is 259 g/mol. The zero-order valence-corrected chi connectivity index (χ0v) is 11.1. The third-order valence-corrected chi connectivity index (χ3v) is 2.62. The zero-order valence-electron chi connectivity index (χ0n) is 10.3. The van der Waals surface area contributed by atoms with E-state index in [2.05, 4.69) is 5.32 Å². The molecule has 0 saturated carbocycles. The second kappa shape index (κ2) is 6.67. The first kappa shape index (κ1) is 14.1. The van der Waals surface area contributed by atoms with Gasteiger partial charge in [-0.2, -0.15) is 0 Å². The van der Waals surface area contributed by atoms with E-state index in [1.165, 1.54) is 0 Å². The van der Waals surface area contributed by atoms with Crippen LogP contribution in [0.15, 0.2) is 16.5 Å². The van der Waals surface area contributed by atoms with Crippen molar-refractivity contribution in [3.8, 4) is 0 Å². The molecule has 0 aromatic carbocycles. The summed E-state index contributed by atoms with van der Waals surface area (Å²) in [7, 11) is 0. The van der Waals surface area contributed by atoms with Crippen molar-refractivity contribution in [2.45, 2.75) is 26.8 Å². The average Bonchev–Trinajstić information content (AvgIpc) is 2.70. The standard InChI is InChI=1S/C12H18ClNO3/c1-4-16-7-9(8(2)3)14-12(15)10-5-6-11(13)17-10/h5-6,8-9H,4,7H2,1-3H3,(H,14,15). The Hall–Kier alpha value is -1.00. The summed E-state index contributed by atoms with van der Waals surface area (Å²) in [6.07, 6.45) is 0. The van der Waals surface area contributed by atoms with E-state index in [0.717, 1.165) is 0 Å². The first-order valence-electron chi connectivity index (χ1n) is 5.68. The number of hydrogen-bond donors (Lipinski definition) is 1. The molecule has 1 rings (SSSR count). The number of halogens is 1. The maximum Gasteiger partial charge on any atom is 0.287 e. The highest BCUT2D eigenvalue weighted by Crippen LogP contribution is 2.13. The summed E-state index contributed by atoms with van der Waals surface area (Å²) in [6, 6.07) is 3.06. The van der Waals surface area contributed by atoms with Crippen LogP contribution in [0.5, 0.6) is 0 Å². The molecule has 96 valence electrons. The van der Waals surface area contributed by atoms with Crippen LogP contribution in [-0.4, -0.2) is 25.2 Å². The first-order chi connectivity index (χ1) is 8.04. The van der Waals surface area contributed by atoms with Crippen molar-refractivity contribution in [2.75, 3.05) is 13.2 Å². The lowest BCUT2D eigenvalue weighted by molar-refractivity contribution is 0.0783. The van der Waals surface area contributed by atoms with Gasteiger partial charge in [0, 0.05) is 6.61 Å². The zero-order chi connectivity index (χ0) is 12.8. The smallest absolute Gasteiger partial charge is 0.287 e. The van der Waals surface area contributed by atoms with Crippen LogP contribution in [0, 0.1) is 5.92 Å². The molecular weight excluding hydrogens is 242 g/mol. The molecule has 17 heavy (non-hydrogen) atoms. The van der Waals surface area contributed by atoms with E-state index in [-0.39, 0.29) is 28.8 Å². The van der Waals surface area contributed by atoms with E-state index in [9.17, 15) is 4.79 Å². The number of rotatable bonds is 6. The van der Waals surface area contributed by atoms with Gasteiger partial charge in [-0.05, 0) is 36.6 Å². The van der Waals surface area contributed by atoms with Crippen molar-refractivity contribution >= 4 is 17.5 Å². The highest BCUT2D eigenvalue weighted by atomic mass is 35.5. The van der Waals surface area contributed by atoms with E-state index in [1.807, 2.05) is 20.8 Å². The molecule has 0 aliphatic carbocycles. The molecule has 0 spiro atoms. The molecule has 1 aromatic rings. The van der Waals surface area contributed by atoms with Gasteiger partial charge in [-0.15, -0.1) is 0 Å². The van der Waals surface area contributed by atoms with Crippen LogP contribution in [0.3, 0.4) is 0 Å². The molecule has 0 bridgehead atoms. The number of carbonyl (C=O) groups excluding carboxylic acids is 1. The Kier molecular flexibility index (Phi) is 5.51. The van der Waals surface area contributed by atoms with Crippen LogP contribution >= 0.6 is 11.6 Å². The second-order valence-electron chi connectivity index (χ2n) is 4.09. The van der Waals surface area contributed by atoms with Gasteiger partial charge in [0.2, 0.25) is 0 Å². The summed E-state index contributed by atoms with van der Waals surface area (Å²) in [5.74, 6) is 0.239. The molecule has 1 N–H and O–H groups in total. The van der Waals surface area contributed by atoms with Gasteiger partial charge >= 0.3 is 0 Å². The van der Waals surface area contributed by atoms with E-state index in [1.54, 1.807) is 12.1 Å². The third kappa shape index (κ3) is 4.40. The highest BCUT2D eigenvalue weighted by Gasteiger charge is 2.19. The minimum absolute atomic E-state index is 0.0358. The molecule has 1 unspecified atom stereocenters. The van der Waals surface area contributed by atoms with Crippen molar-refractivity contribution < 1.29 is 13.9 Å². The Balaban J connectivity index is 2.57. The Labute approximate surface area is 106 Å². The number of nitrogens with one attached hydrogen (secondary N) is 1. The average molecular weight is 260 g/mol. The summed E-state index contributed by atoms with van der Waals surface area (Å²) in [4.78, 5) is 11.8. The fraction of sp³-hybridized carbons (Fsp3) is 0.583. The molecular formula is C12H18ClNO3. The predicted octanol–water partition coefficient (Wildman–Crippen LogP) is 2.72. The minimum Gasteiger partial charge on any atom is -0.440 e. The van der Waals surface area contributed by atoms with E-state index < -0.39 is 0 Å². The number of amides is 1. The lowest BCUT2D eigenvalue weighted by Crippen LogP contribution is -2.41. The van der Waals surface area contributed by atoms with E-state index in [0.29, 0.717) is 13.2 Å². The van der Waals surface area contributed by atoms with Crippen LogP contribution in [-0.2, 0) is 4.74 Å². The molecule has 0 radical (unpaired) electrons. The first-order valence-corrected chi connectivity index (χ1v) is 6.06.